The molecule has 0 aliphatic heterocycles. The minimum atomic E-state index is -0.210. The third kappa shape index (κ3) is 3.38. The Balaban J connectivity index is 1.63. The van der Waals surface area contributed by atoms with E-state index < -0.39 is 0 Å². The van der Waals surface area contributed by atoms with Crippen LogP contribution in [0.4, 0.5) is 4.39 Å². The largest absolute Gasteiger partial charge is 0.457 e. The van der Waals surface area contributed by atoms with Gasteiger partial charge in [-0.15, -0.1) is 0 Å². The fourth-order valence-corrected chi connectivity index (χ4v) is 2.96. The second-order valence-corrected chi connectivity index (χ2v) is 5.91. The molecule has 4 heteroatoms. The van der Waals surface area contributed by atoms with Gasteiger partial charge < -0.3 is 4.74 Å². The molecule has 0 bridgehead atoms. The van der Waals surface area contributed by atoms with Gasteiger partial charge in [0.05, 0.1) is 0 Å². The van der Waals surface area contributed by atoms with Gasteiger partial charge in [-0.1, -0.05) is 12.1 Å². The van der Waals surface area contributed by atoms with Crippen molar-refractivity contribution >= 4 is 0 Å². The number of aromatic nitrogens is 2. The van der Waals surface area contributed by atoms with Gasteiger partial charge in [0, 0.05) is 12.4 Å². The molecule has 3 nitrogen and oxygen atoms in total. The maximum atomic E-state index is 13.0. The summed E-state index contributed by atoms with van der Waals surface area (Å²) in [5.41, 5.74) is 1.01. The van der Waals surface area contributed by atoms with E-state index >= 15 is 0 Å². The predicted octanol–water partition coefficient (Wildman–Crippen LogP) is 4.11. The Hall–Kier alpha value is -1.97. The van der Waals surface area contributed by atoms with E-state index in [1.54, 1.807) is 18.5 Å². The Bertz CT molecular complexity index is 577. The van der Waals surface area contributed by atoms with E-state index in [0.717, 1.165) is 25.7 Å². The number of halogens is 1. The fraction of sp³-hybridized carbons (Fsp3) is 0.412. The summed E-state index contributed by atoms with van der Waals surface area (Å²) < 4.78 is 18.9. The Morgan fingerprint density at radius 2 is 1.71 bits per heavy atom. The number of hydrogen-bond acceptors (Lipinski definition) is 3. The Labute approximate surface area is 124 Å². The zero-order chi connectivity index (χ0) is 14.7. The molecule has 1 saturated carbocycles. The molecule has 0 atom stereocenters. The normalized spacial score (nSPS) is 25.5. The quantitative estimate of drug-likeness (QED) is 0.851. The summed E-state index contributed by atoms with van der Waals surface area (Å²) in [5.74, 6) is 0.308. The van der Waals surface area contributed by atoms with Crippen LogP contribution < -0.4 is 4.74 Å². The van der Waals surface area contributed by atoms with E-state index in [2.05, 4.69) is 16.9 Å². The molecule has 0 N–H and O–H groups in total. The van der Waals surface area contributed by atoms with Gasteiger partial charge in [-0.3, -0.25) is 0 Å². The maximum Gasteiger partial charge on any atom is 0.316 e. The monoisotopic (exact) mass is 286 g/mol. The molecule has 3 rings (SSSR count). The van der Waals surface area contributed by atoms with Crippen molar-refractivity contribution in [3.05, 3.63) is 54.1 Å². The summed E-state index contributed by atoms with van der Waals surface area (Å²) >= 11 is 0. The highest BCUT2D eigenvalue weighted by Gasteiger charge is 2.34. The highest BCUT2D eigenvalue weighted by atomic mass is 19.1. The molecule has 1 aliphatic rings. The number of hydrogen-bond donors (Lipinski definition) is 0. The average Bonchev–Trinajstić information content (AvgIpc) is 2.50. The van der Waals surface area contributed by atoms with Gasteiger partial charge in [0.1, 0.15) is 11.4 Å². The molecule has 1 heterocycles. The highest BCUT2D eigenvalue weighted by molar-refractivity contribution is 5.21. The minimum absolute atomic E-state index is 0.177. The molecule has 1 fully saturated rings. The van der Waals surface area contributed by atoms with Crippen molar-refractivity contribution in [2.24, 2.45) is 0 Å². The van der Waals surface area contributed by atoms with Crippen LogP contribution in [0.2, 0.25) is 0 Å². The molecular formula is C17H19FN2O. The van der Waals surface area contributed by atoms with E-state index in [9.17, 15) is 4.39 Å². The molecule has 110 valence electrons. The van der Waals surface area contributed by atoms with Crippen molar-refractivity contribution in [2.45, 2.75) is 44.1 Å². The maximum absolute atomic E-state index is 13.0. The molecule has 0 unspecified atom stereocenters. The number of ether oxygens (including phenoxy) is 1. The summed E-state index contributed by atoms with van der Waals surface area (Å²) in [6.45, 7) is 2.12. The Kier molecular flexibility index (Phi) is 3.86. The van der Waals surface area contributed by atoms with Crippen LogP contribution in [-0.2, 0) is 0 Å². The molecule has 2 aromatic rings. The second-order valence-electron chi connectivity index (χ2n) is 5.91. The third-order valence-corrected chi connectivity index (χ3v) is 4.26. The van der Waals surface area contributed by atoms with Crippen LogP contribution in [0.5, 0.6) is 6.01 Å². The summed E-state index contributed by atoms with van der Waals surface area (Å²) in [5, 5.41) is 0. The van der Waals surface area contributed by atoms with E-state index in [1.807, 2.05) is 12.1 Å². The first-order valence-corrected chi connectivity index (χ1v) is 7.36. The third-order valence-electron chi connectivity index (χ3n) is 4.26. The Morgan fingerprint density at radius 1 is 1.10 bits per heavy atom. The van der Waals surface area contributed by atoms with Gasteiger partial charge in [0.15, 0.2) is 0 Å². The molecule has 0 saturated heterocycles. The summed E-state index contributed by atoms with van der Waals surface area (Å²) in [6, 6.07) is 9.09. The van der Waals surface area contributed by atoms with Crippen molar-refractivity contribution < 1.29 is 9.13 Å². The van der Waals surface area contributed by atoms with E-state index in [1.165, 1.54) is 17.7 Å². The van der Waals surface area contributed by atoms with Gasteiger partial charge in [0.25, 0.3) is 0 Å². The van der Waals surface area contributed by atoms with Gasteiger partial charge in [-0.05, 0) is 62.3 Å². The van der Waals surface area contributed by atoms with Crippen LogP contribution in [0.15, 0.2) is 42.7 Å². The predicted molar refractivity (Wildman–Crippen MR) is 78.7 cm³/mol. The SMILES string of the molecule is CC1(Oc2ncccn2)CCC(c2ccc(F)cc2)CC1. The molecule has 0 spiro atoms. The standard InChI is InChI=1S/C17H19FN2O/c1-17(21-16-19-11-2-12-20-16)9-7-14(8-10-17)13-3-5-15(18)6-4-13/h2-6,11-12,14H,7-10H2,1H3. The molecule has 0 radical (unpaired) electrons. The van der Waals surface area contributed by atoms with E-state index in [-0.39, 0.29) is 11.4 Å². The van der Waals surface area contributed by atoms with Gasteiger partial charge in [-0.2, -0.15) is 0 Å². The fourth-order valence-electron chi connectivity index (χ4n) is 2.96. The van der Waals surface area contributed by atoms with Crippen molar-refractivity contribution in [3.63, 3.8) is 0 Å². The lowest BCUT2D eigenvalue weighted by molar-refractivity contribution is 0.0336. The number of rotatable bonds is 3. The van der Waals surface area contributed by atoms with Crippen molar-refractivity contribution in [1.82, 2.24) is 9.97 Å². The van der Waals surface area contributed by atoms with Crippen LogP contribution in [0, 0.1) is 5.82 Å². The van der Waals surface area contributed by atoms with Crippen molar-refractivity contribution in [3.8, 4) is 6.01 Å². The lowest BCUT2D eigenvalue weighted by Crippen LogP contribution is -2.37. The molecule has 21 heavy (non-hydrogen) atoms. The molecular weight excluding hydrogens is 267 g/mol. The smallest absolute Gasteiger partial charge is 0.316 e. The minimum Gasteiger partial charge on any atom is -0.457 e. The Morgan fingerprint density at radius 3 is 2.33 bits per heavy atom. The van der Waals surface area contributed by atoms with E-state index in [0.29, 0.717) is 11.9 Å². The first kappa shape index (κ1) is 14.0. The van der Waals surface area contributed by atoms with Gasteiger partial charge >= 0.3 is 6.01 Å². The first-order chi connectivity index (χ1) is 10.1. The first-order valence-electron chi connectivity index (χ1n) is 7.36. The zero-order valence-electron chi connectivity index (χ0n) is 12.1. The molecule has 1 aromatic carbocycles. The molecule has 0 amide bonds. The van der Waals surface area contributed by atoms with Crippen LogP contribution >= 0.6 is 0 Å². The van der Waals surface area contributed by atoms with Crippen LogP contribution in [0.1, 0.15) is 44.1 Å². The average molecular weight is 286 g/mol. The summed E-state index contributed by atoms with van der Waals surface area (Å²) in [7, 11) is 0. The van der Waals surface area contributed by atoms with Crippen LogP contribution in [0.3, 0.4) is 0 Å². The second kappa shape index (κ2) is 5.80. The zero-order valence-corrected chi connectivity index (χ0v) is 12.1. The van der Waals surface area contributed by atoms with Crippen molar-refractivity contribution in [1.29, 1.82) is 0 Å². The van der Waals surface area contributed by atoms with Gasteiger partial charge in [-0.25, -0.2) is 14.4 Å². The summed E-state index contributed by atoms with van der Waals surface area (Å²) in [4.78, 5) is 8.26. The van der Waals surface area contributed by atoms with Crippen molar-refractivity contribution in [2.75, 3.05) is 0 Å². The topological polar surface area (TPSA) is 35.0 Å². The lowest BCUT2D eigenvalue weighted by Gasteiger charge is -2.37. The van der Waals surface area contributed by atoms with Crippen LogP contribution in [-0.4, -0.2) is 15.6 Å². The van der Waals surface area contributed by atoms with Gasteiger partial charge in [0.2, 0.25) is 0 Å². The number of benzene rings is 1. The highest BCUT2D eigenvalue weighted by Crippen LogP contribution is 2.39. The van der Waals surface area contributed by atoms with Crippen LogP contribution in [0.25, 0.3) is 0 Å². The lowest BCUT2D eigenvalue weighted by atomic mass is 9.77. The van der Waals surface area contributed by atoms with E-state index in [4.69, 9.17) is 4.74 Å². The summed E-state index contributed by atoms with van der Waals surface area (Å²) in [6.07, 6.45) is 7.36. The number of nitrogens with zero attached hydrogens (tertiary/aromatic N) is 2. The molecule has 1 aliphatic carbocycles. The molecule has 1 aromatic heterocycles.